The molecule has 0 heterocycles. The number of aliphatic carboxylic acids is 1. The molecule has 0 aliphatic heterocycles. The van der Waals surface area contributed by atoms with E-state index in [0.29, 0.717) is 6.42 Å². The Hall–Kier alpha value is -2.73. The Bertz CT molecular complexity index is 744. The molecule has 0 saturated carbocycles. The molecule has 0 radical (unpaired) electrons. The maximum atomic E-state index is 13.0. The minimum Gasteiger partial charge on any atom is -0.480 e. The van der Waals surface area contributed by atoms with Crippen molar-refractivity contribution < 1.29 is 34.2 Å². The molecule has 0 aliphatic carbocycles. The molecule has 6 unspecified atom stereocenters. The largest absolute Gasteiger partial charge is 0.480 e. The van der Waals surface area contributed by atoms with Gasteiger partial charge in [-0.25, -0.2) is 0 Å². The first kappa shape index (κ1) is 32.3. The van der Waals surface area contributed by atoms with Crippen LogP contribution in [0.3, 0.4) is 0 Å². The Kier molecular flexibility index (Phi) is 14.1. The summed E-state index contributed by atoms with van der Waals surface area (Å²) in [7, 11) is 1.61. The average molecular weight is 502 g/mol. The molecule has 0 aromatic carbocycles. The van der Waals surface area contributed by atoms with Crippen LogP contribution in [-0.2, 0) is 24.0 Å². The van der Waals surface area contributed by atoms with E-state index in [0.717, 1.165) is 0 Å². The highest BCUT2D eigenvalue weighted by Crippen LogP contribution is 2.16. The minimum absolute atomic E-state index is 0.0438. The lowest BCUT2D eigenvalue weighted by molar-refractivity contribution is -0.142. The zero-order valence-corrected chi connectivity index (χ0v) is 21.8. The van der Waals surface area contributed by atoms with Gasteiger partial charge in [0.05, 0.1) is 24.6 Å². The number of hydrogen-bond donors (Lipinski definition) is 7. The van der Waals surface area contributed by atoms with E-state index >= 15 is 0 Å². The Morgan fingerprint density at radius 1 is 0.829 bits per heavy atom. The summed E-state index contributed by atoms with van der Waals surface area (Å²) in [6.45, 7) is 10.3. The van der Waals surface area contributed by atoms with Crippen LogP contribution in [0.4, 0.5) is 0 Å². The number of carboxylic acids is 1. The third kappa shape index (κ3) is 12.0. The third-order valence-electron chi connectivity index (χ3n) is 5.59. The molecule has 35 heavy (non-hydrogen) atoms. The zero-order valence-electron chi connectivity index (χ0n) is 21.8. The number of amides is 4. The van der Waals surface area contributed by atoms with Crippen LogP contribution in [0, 0.1) is 17.8 Å². The molecule has 0 aromatic rings. The second kappa shape index (κ2) is 15.3. The molecule has 12 nitrogen and oxygen atoms in total. The van der Waals surface area contributed by atoms with Gasteiger partial charge in [0.25, 0.3) is 0 Å². The Labute approximate surface area is 207 Å². The van der Waals surface area contributed by atoms with E-state index in [-0.39, 0.29) is 18.3 Å². The van der Waals surface area contributed by atoms with E-state index in [9.17, 15) is 29.1 Å². The van der Waals surface area contributed by atoms with Crippen LogP contribution >= 0.6 is 0 Å². The summed E-state index contributed by atoms with van der Waals surface area (Å²) in [5, 5.41) is 30.2. The quantitative estimate of drug-likeness (QED) is 0.141. The molecule has 4 amide bonds. The standard InChI is InChI=1S/C23H43N5O7/c1-11(2)8-15(17(29)9-13(5)20(31)26-14(6)23(34)35)27-21(32)16(10-18(24)30)28-22(33)19(25-7)12(3)4/h11-17,19,25,29H,8-10H2,1-7H3,(H2,24,30)(H,26,31)(H,27,32)(H,28,33)(H,34,35). The van der Waals surface area contributed by atoms with Crippen molar-refractivity contribution in [2.75, 3.05) is 7.05 Å². The Morgan fingerprint density at radius 2 is 1.40 bits per heavy atom. The van der Waals surface area contributed by atoms with Crippen molar-refractivity contribution in [1.29, 1.82) is 0 Å². The fourth-order valence-corrected chi connectivity index (χ4v) is 3.59. The van der Waals surface area contributed by atoms with Crippen molar-refractivity contribution >= 4 is 29.6 Å². The van der Waals surface area contributed by atoms with Crippen molar-refractivity contribution in [1.82, 2.24) is 21.3 Å². The van der Waals surface area contributed by atoms with E-state index in [4.69, 9.17) is 10.8 Å². The maximum Gasteiger partial charge on any atom is 0.325 e. The van der Waals surface area contributed by atoms with Gasteiger partial charge in [-0.3, -0.25) is 24.0 Å². The van der Waals surface area contributed by atoms with Gasteiger partial charge < -0.3 is 37.2 Å². The smallest absolute Gasteiger partial charge is 0.325 e. The van der Waals surface area contributed by atoms with Gasteiger partial charge in [-0.2, -0.15) is 0 Å². The van der Waals surface area contributed by atoms with Gasteiger partial charge in [0, 0.05) is 5.92 Å². The van der Waals surface area contributed by atoms with Crippen LogP contribution in [0.25, 0.3) is 0 Å². The van der Waals surface area contributed by atoms with E-state index < -0.39 is 72.2 Å². The first-order valence-electron chi connectivity index (χ1n) is 11.9. The molecule has 0 rings (SSSR count). The monoisotopic (exact) mass is 501 g/mol. The van der Waals surface area contributed by atoms with Gasteiger partial charge in [-0.15, -0.1) is 0 Å². The van der Waals surface area contributed by atoms with Gasteiger partial charge in [0.15, 0.2) is 0 Å². The minimum atomic E-state index is -1.24. The van der Waals surface area contributed by atoms with Crippen LogP contribution < -0.4 is 27.0 Å². The highest BCUT2D eigenvalue weighted by Gasteiger charge is 2.32. The van der Waals surface area contributed by atoms with Crippen LogP contribution in [0.5, 0.6) is 0 Å². The maximum absolute atomic E-state index is 13.0. The summed E-state index contributed by atoms with van der Waals surface area (Å²) in [5.41, 5.74) is 5.29. The molecule has 8 N–H and O–H groups in total. The van der Waals surface area contributed by atoms with Crippen molar-refractivity contribution in [3.05, 3.63) is 0 Å². The second-order valence-electron chi connectivity index (χ2n) is 9.76. The fraction of sp³-hybridized carbons (Fsp3) is 0.783. The molecular weight excluding hydrogens is 458 g/mol. The highest BCUT2D eigenvalue weighted by molar-refractivity contribution is 5.93. The van der Waals surface area contributed by atoms with Gasteiger partial charge in [0.2, 0.25) is 23.6 Å². The molecule has 0 saturated heterocycles. The number of hydrogen-bond acceptors (Lipinski definition) is 7. The lowest BCUT2D eigenvalue weighted by atomic mass is 9.92. The zero-order chi connectivity index (χ0) is 27.5. The predicted octanol–water partition coefficient (Wildman–Crippen LogP) is -0.902. The summed E-state index contributed by atoms with van der Waals surface area (Å²) in [6.07, 6.45) is -1.26. The van der Waals surface area contributed by atoms with Crippen molar-refractivity contribution in [2.45, 2.75) is 91.1 Å². The number of carboxylic acid groups (broad SMARTS) is 1. The summed E-state index contributed by atoms with van der Waals surface area (Å²) in [4.78, 5) is 60.5. The first-order valence-corrected chi connectivity index (χ1v) is 11.9. The number of aliphatic hydroxyl groups is 1. The molecule has 0 fully saturated rings. The van der Waals surface area contributed by atoms with Crippen LogP contribution in [0.2, 0.25) is 0 Å². The molecule has 6 atom stereocenters. The predicted molar refractivity (Wildman–Crippen MR) is 130 cm³/mol. The normalized spacial score (nSPS) is 16.5. The van der Waals surface area contributed by atoms with Crippen LogP contribution in [0.15, 0.2) is 0 Å². The molecular formula is C23H43N5O7. The summed E-state index contributed by atoms with van der Waals surface area (Å²) in [5.74, 6) is -4.42. The molecule has 0 aliphatic rings. The van der Waals surface area contributed by atoms with Gasteiger partial charge in [0.1, 0.15) is 12.1 Å². The SMILES string of the molecule is CNC(C(=O)NC(CC(N)=O)C(=O)NC(CC(C)C)C(O)CC(C)C(=O)NC(C)C(=O)O)C(C)C. The van der Waals surface area contributed by atoms with E-state index in [1.54, 1.807) is 14.0 Å². The van der Waals surface area contributed by atoms with E-state index in [2.05, 4.69) is 21.3 Å². The van der Waals surface area contributed by atoms with Gasteiger partial charge >= 0.3 is 5.97 Å². The molecule has 0 spiro atoms. The summed E-state index contributed by atoms with van der Waals surface area (Å²) < 4.78 is 0. The van der Waals surface area contributed by atoms with E-state index in [1.165, 1.54) is 6.92 Å². The Morgan fingerprint density at radius 3 is 1.83 bits per heavy atom. The number of nitrogens with two attached hydrogens (primary N) is 1. The van der Waals surface area contributed by atoms with Crippen LogP contribution in [-0.4, -0.2) is 77.1 Å². The number of carbonyl (C=O) groups is 5. The molecule has 0 aromatic heterocycles. The topological polar surface area (TPSA) is 200 Å². The number of likely N-dealkylation sites (N-methyl/N-ethyl adjacent to an activating group) is 1. The highest BCUT2D eigenvalue weighted by atomic mass is 16.4. The number of rotatable bonds is 16. The number of nitrogens with one attached hydrogen (secondary N) is 4. The van der Waals surface area contributed by atoms with Crippen molar-refractivity contribution in [3.8, 4) is 0 Å². The Balaban J connectivity index is 5.49. The summed E-state index contributed by atoms with van der Waals surface area (Å²) in [6, 6.07) is -3.71. The third-order valence-corrected chi connectivity index (χ3v) is 5.59. The number of primary amides is 1. The lowest BCUT2D eigenvalue weighted by Crippen LogP contribution is -2.57. The fourth-order valence-electron chi connectivity index (χ4n) is 3.59. The lowest BCUT2D eigenvalue weighted by Gasteiger charge is -2.30. The molecule has 202 valence electrons. The summed E-state index contributed by atoms with van der Waals surface area (Å²) >= 11 is 0. The van der Waals surface area contributed by atoms with Crippen molar-refractivity contribution in [3.63, 3.8) is 0 Å². The van der Waals surface area contributed by atoms with Gasteiger partial charge in [-0.05, 0) is 38.6 Å². The van der Waals surface area contributed by atoms with Crippen molar-refractivity contribution in [2.24, 2.45) is 23.5 Å². The number of carbonyl (C=O) groups excluding carboxylic acids is 4. The molecule has 12 heteroatoms. The number of aliphatic hydroxyl groups excluding tert-OH is 1. The second-order valence-corrected chi connectivity index (χ2v) is 9.76. The van der Waals surface area contributed by atoms with E-state index in [1.807, 2.05) is 27.7 Å². The molecule has 0 bridgehead atoms. The van der Waals surface area contributed by atoms with Gasteiger partial charge in [-0.1, -0.05) is 34.6 Å². The van der Waals surface area contributed by atoms with Crippen LogP contribution in [0.1, 0.15) is 60.8 Å². The first-order chi connectivity index (χ1) is 16.1. The average Bonchev–Trinajstić information content (AvgIpc) is 2.71.